The highest BCUT2D eigenvalue weighted by Crippen LogP contribution is 2.12. The van der Waals surface area contributed by atoms with Gasteiger partial charge in [0, 0.05) is 51.1 Å². The van der Waals surface area contributed by atoms with Gasteiger partial charge in [-0.25, -0.2) is 0 Å². The second-order valence-corrected chi connectivity index (χ2v) is 7.46. The Morgan fingerprint density at radius 3 is 2.23 bits per heavy atom. The fourth-order valence-electron chi connectivity index (χ4n) is 3.63. The highest BCUT2D eigenvalue weighted by Gasteiger charge is 2.21. The Balaban J connectivity index is 1.27. The molecule has 1 N–H and O–H groups in total. The van der Waals surface area contributed by atoms with Crippen LogP contribution in [0.1, 0.15) is 17.7 Å². The molecule has 7 heteroatoms. The predicted octanol–water partition coefficient (Wildman–Crippen LogP) is 2.11. The predicted molar refractivity (Wildman–Crippen MR) is 115 cm³/mol. The number of amides is 1. The summed E-state index contributed by atoms with van der Waals surface area (Å²) in [5, 5.41) is 8.17. The summed E-state index contributed by atoms with van der Waals surface area (Å²) in [7, 11) is 0. The van der Waals surface area contributed by atoms with Crippen molar-refractivity contribution in [1.82, 2.24) is 25.0 Å². The summed E-state index contributed by atoms with van der Waals surface area (Å²) in [5.74, 6) is 0.493. The lowest BCUT2D eigenvalue weighted by Crippen LogP contribution is -2.48. The summed E-state index contributed by atoms with van der Waals surface area (Å²) in [6.45, 7) is 4.03. The van der Waals surface area contributed by atoms with Gasteiger partial charge in [0.2, 0.25) is 5.91 Å². The molecule has 1 aliphatic heterocycles. The zero-order valence-corrected chi connectivity index (χ0v) is 16.8. The van der Waals surface area contributed by atoms with E-state index in [9.17, 15) is 9.59 Å². The molecule has 2 heterocycles. The fourth-order valence-corrected chi connectivity index (χ4v) is 3.63. The van der Waals surface area contributed by atoms with Crippen LogP contribution in [0.3, 0.4) is 0 Å². The van der Waals surface area contributed by atoms with Gasteiger partial charge in [0.1, 0.15) is 5.69 Å². The molecule has 1 aliphatic rings. The summed E-state index contributed by atoms with van der Waals surface area (Å²) >= 11 is 0. The van der Waals surface area contributed by atoms with Crippen molar-refractivity contribution in [2.75, 3.05) is 26.2 Å². The van der Waals surface area contributed by atoms with Crippen molar-refractivity contribution in [3.8, 4) is 11.4 Å². The molecular weight excluding hydrogens is 378 g/mol. The molecule has 1 amide bonds. The lowest BCUT2D eigenvalue weighted by molar-refractivity contribution is -0.133. The molecule has 0 radical (unpaired) electrons. The van der Waals surface area contributed by atoms with Crippen LogP contribution in [0.4, 0.5) is 0 Å². The van der Waals surface area contributed by atoms with Crippen LogP contribution in [0.2, 0.25) is 0 Å². The Labute approximate surface area is 175 Å². The van der Waals surface area contributed by atoms with Gasteiger partial charge in [-0.05, 0) is 5.56 Å². The topological polar surface area (TPSA) is 82.2 Å². The van der Waals surface area contributed by atoms with E-state index in [0.717, 1.165) is 25.2 Å². The highest BCUT2D eigenvalue weighted by molar-refractivity contribution is 5.76. The molecule has 0 spiro atoms. The lowest BCUT2D eigenvalue weighted by Gasteiger charge is -2.34. The number of piperazine rings is 1. The number of aromatic nitrogens is 3. The van der Waals surface area contributed by atoms with Crippen molar-refractivity contribution < 1.29 is 4.79 Å². The molecule has 7 nitrogen and oxygen atoms in total. The van der Waals surface area contributed by atoms with Crippen molar-refractivity contribution in [3.63, 3.8) is 0 Å². The van der Waals surface area contributed by atoms with E-state index < -0.39 is 0 Å². The van der Waals surface area contributed by atoms with Crippen molar-refractivity contribution in [2.45, 2.75) is 19.4 Å². The van der Waals surface area contributed by atoms with E-state index in [0.29, 0.717) is 31.0 Å². The number of aryl methyl sites for hydroxylation is 1. The number of nitrogens with one attached hydrogen (secondary N) is 1. The summed E-state index contributed by atoms with van der Waals surface area (Å²) in [6, 6.07) is 19.7. The molecule has 0 saturated carbocycles. The Morgan fingerprint density at radius 1 is 0.900 bits per heavy atom. The van der Waals surface area contributed by atoms with Crippen LogP contribution in [0.25, 0.3) is 11.4 Å². The fraction of sp³-hybridized carbons (Fsp3) is 0.304. The standard InChI is InChI=1S/C23H25N5O2/c29-21(28-15-13-27(14-16-28)17-18-7-3-1-4-8-18)12-11-20-23(30)24-22(26-25-20)19-9-5-2-6-10-19/h1-10H,11-17H2,(H,24,26,30). The molecule has 1 fully saturated rings. The van der Waals surface area contributed by atoms with Crippen molar-refractivity contribution in [1.29, 1.82) is 0 Å². The molecule has 3 aromatic rings. The van der Waals surface area contributed by atoms with Crippen LogP contribution in [0.5, 0.6) is 0 Å². The van der Waals surface area contributed by atoms with Crippen LogP contribution >= 0.6 is 0 Å². The molecule has 0 unspecified atom stereocenters. The van der Waals surface area contributed by atoms with Gasteiger partial charge in [0.05, 0.1) is 0 Å². The third-order valence-electron chi connectivity index (χ3n) is 5.36. The lowest BCUT2D eigenvalue weighted by atomic mass is 10.2. The second kappa shape index (κ2) is 9.45. The van der Waals surface area contributed by atoms with E-state index in [4.69, 9.17) is 0 Å². The zero-order valence-electron chi connectivity index (χ0n) is 16.8. The number of carbonyl (C=O) groups excluding carboxylic acids is 1. The Morgan fingerprint density at radius 2 is 1.57 bits per heavy atom. The second-order valence-electron chi connectivity index (χ2n) is 7.46. The van der Waals surface area contributed by atoms with Crippen LogP contribution in [0.15, 0.2) is 65.5 Å². The maximum Gasteiger partial charge on any atom is 0.273 e. The third kappa shape index (κ3) is 4.99. The number of hydrogen-bond donors (Lipinski definition) is 1. The van der Waals surface area contributed by atoms with Gasteiger partial charge >= 0.3 is 0 Å². The average Bonchev–Trinajstić information content (AvgIpc) is 2.80. The molecule has 154 valence electrons. The van der Waals surface area contributed by atoms with Gasteiger partial charge < -0.3 is 9.88 Å². The Hall–Kier alpha value is -3.32. The number of hydrogen-bond acceptors (Lipinski definition) is 5. The molecule has 1 saturated heterocycles. The third-order valence-corrected chi connectivity index (χ3v) is 5.36. The van der Waals surface area contributed by atoms with Gasteiger partial charge in [-0.1, -0.05) is 60.7 Å². The molecule has 2 aromatic carbocycles. The van der Waals surface area contributed by atoms with E-state index >= 15 is 0 Å². The minimum absolute atomic E-state index is 0.0581. The van der Waals surface area contributed by atoms with Gasteiger partial charge in [-0.3, -0.25) is 14.5 Å². The summed E-state index contributed by atoms with van der Waals surface area (Å²) < 4.78 is 0. The van der Waals surface area contributed by atoms with Gasteiger partial charge in [0.25, 0.3) is 5.56 Å². The van der Waals surface area contributed by atoms with Gasteiger partial charge in [0.15, 0.2) is 5.82 Å². The van der Waals surface area contributed by atoms with E-state index in [1.807, 2.05) is 53.4 Å². The molecule has 1 aromatic heterocycles. The van der Waals surface area contributed by atoms with Gasteiger partial charge in [-0.2, -0.15) is 0 Å². The minimum Gasteiger partial charge on any atom is -0.340 e. The monoisotopic (exact) mass is 403 g/mol. The van der Waals surface area contributed by atoms with Crippen LogP contribution < -0.4 is 5.56 Å². The van der Waals surface area contributed by atoms with E-state index in [1.165, 1.54) is 5.56 Å². The van der Waals surface area contributed by atoms with Crippen molar-refractivity contribution in [2.24, 2.45) is 0 Å². The first-order valence-electron chi connectivity index (χ1n) is 10.2. The van der Waals surface area contributed by atoms with E-state index in [2.05, 4.69) is 32.2 Å². The van der Waals surface area contributed by atoms with E-state index in [1.54, 1.807) is 0 Å². The first-order valence-corrected chi connectivity index (χ1v) is 10.2. The molecule has 0 bridgehead atoms. The molecule has 0 atom stereocenters. The maximum atomic E-state index is 12.6. The zero-order chi connectivity index (χ0) is 20.8. The van der Waals surface area contributed by atoms with E-state index in [-0.39, 0.29) is 17.9 Å². The first kappa shape index (κ1) is 20.0. The normalized spacial score (nSPS) is 14.6. The van der Waals surface area contributed by atoms with Crippen LogP contribution in [-0.4, -0.2) is 57.1 Å². The molecule has 0 aliphatic carbocycles. The maximum absolute atomic E-state index is 12.6. The SMILES string of the molecule is O=C(CCc1nnc(-c2ccccc2)[nH]c1=O)N1CCN(Cc2ccccc2)CC1. The molecular formula is C23H25N5O2. The van der Waals surface area contributed by atoms with Gasteiger partial charge in [-0.15, -0.1) is 10.2 Å². The summed E-state index contributed by atoms with van der Waals surface area (Å²) in [6.07, 6.45) is 0.557. The largest absolute Gasteiger partial charge is 0.340 e. The van der Waals surface area contributed by atoms with Crippen molar-refractivity contribution in [3.05, 3.63) is 82.3 Å². The number of benzene rings is 2. The number of carbonyl (C=O) groups is 1. The number of rotatable bonds is 6. The number of nitrogens with zero attached hydrogens (tertiary/aromatic N) is 4. The highest BCUT2D eigenvalue weighted by atomic mass is 16.2. The quantitative estimate of drug-likeness (QED) is 0.682. The minimum atomic E-state index is -0.288. The van der Waals surface area contributed by atoms with Crippen LogP contribution in [-0.2, 0) is 17.8 Å². The summed E-state index contributed by atoms with van der Waals surface area (Å²) in [4.78, 5) is 31.9. The Kier molecular flexibility index (Phi) is 6.29. The number of H-pyrrole nitrogens is 1. The average molecular weight is 403 g/mol. The molecule has 30 heavy (non-hydrogen) atoms. The number of aromatic amines is 1. The first-order chi connectivity index (χ1) is 14.7. The van der Waals surface area contributed by atoms with Crippen LogP contribution in [0, 0.1) is 0 Å². The smallest absolute Gasteiger partial charge is 0.273 e. The summed E-state index contributed by atoms with van der Waals surface area (Å²) in [5.41, 5.74) is 2.10. The molecule has 4 rings (SSSR count). The Bertz CT molecular complexity index is 1030. The van der Waals surface area contributed by atoms with Crippen molar-refractivity contribution >= 4 is 5.91 Å².